The maximum atomic E-state index is 13.1. The number of benzene rings is 2. The van der Waals surface area contributed by atoms with E-state index in [1.807, 2.05) is 68.5 Å². The lowest BCUT2D eigenvalue weighted by Gasteiger charge is -2.27. The van der Waals surface area contributed by atoms with E-state index in [0.29, 0.717) is 83.1 Å². The summed E-state index contributed by atoms with van der Waals surface area (Å²) in [5.74, 6) is -0.369. The molecule has 0 spiro atoms. The number of allylic oxidation sites excluding steroid dienone is 3. The van der Waals surface area contributed by atoms with Gasteiger partial charge in [-0.1, -0.05) is 60.3 Å². The quantitative estimate of drug-likeness (QED) is 0.0169. The standard InChI is InChI=1S/C48H65N7O11/c1-8-37(38-17-18-42(40-13-10-9-12-39(38)40)65-31-30-64-29-28-63-27-26-62-25-24-61-23-21-52-54-49)16-15-36(3)41(33-46(58)60-7)53-45(57)34-51-44(56)14-11-22-55(47(59)66-48(4,5)6)43-32-35(2)19-20-50-43/h8-10,12-13,15-20,32,41H,3,11,14,21-31,33-34H2,1-2,4-7H3,(H,51,56)(H,53,57)/b16-15-,37-8+/t41-/m0/s1. The number of pyridine rings is 1. The molecule has 3 amide bonds. The first-order chi connectivity index (χ1) is 31.8. The summed E-state index contributed by atoms with van der Waals surface area (Å²) in [6.07, 6.45) is 6.69. The van der Waals surface area contributed by atoms with Gasteiger partial charge in [0.1, 0.15) is 23.8 Å². The molecule has 0 aliphatic rings. The fourth-order valence-corrected chi connectivity index (χ4v) is 6.15. The highest BCUT2D eigenvalue weighted by Gasteiger charge is 2.25. The first kappa shape index (κ1) is 54.0. The molecule has 1 atom stereocenters. The van der Waals surface area contributed by atoms with Gasteiger partial charge in [0.25, 0.3) is 0 Å². The van der Waals surface area contributed by atoms with Crippen molar-refractivity contribution in [2.24, 2.45) is 5.11 Å². The number of nitrogens with zero attached hydrogens (tertiary/aromatic N) is 5. The maximum absolute atomic E-state index is 13.1. The van der Waals surface area contributed by atoms with Gasteiger partial charge in [-0.15, -0.1) is 0 Å². The van der Waals surface area contributed by atoms with Crippen LogP contribution in [0.25, 0.3) is 26.8 Å². The van der Waals surface area contributed by atoms with Crippen molar-refractivity contribution in [2.75, 3.05) is 91.1 Å². The van der Waals surface area contributed by atoms with Crippen LogP contribution in [0.15, 0.2) is 90.2 Å². The number of hydrogen-bond acceptors (Lipinski definition) is 13. The van der Waals surface area contributed by atoms with E-state index < -0.39 is 35.5 Å². The normalized spacial score (nSPS) is 12.0. The molecule has 0 aliphatic carbocycles. The predicted molar refractivity (Wildman–Crippen MR) is 252 cm³/mol. The number of fused-ring (bicyclic) bond motifs is 1. The topological polar surface area (TPSA) is 222 Å². The van der Waals surface area contributed by atoms with Crippen LogP contribution in [0.1, 0.15) is 58.1 Å². The molecule has 66 heavy (non-hydrogen) atoms. The van der Waals surface area contributed by atoms with Crippen molar-refractivity contribution in [1.82, 2.24) is 15.6 Å². The SMILES string of the molecule is C=C(/C=C\C(=C/C)c1ccc(OCCOCCOCCOCCOCCN=[N+]=[N-])c2ccccc12)[C@H](CC(=O)OC)NC(=O)CNC(=O)CCCN(C(=O)OC(C)(C)C)c1cc(C)ccn1. The zero-order chi connectivity index (χ0) is 48.2. The molecule has 0 fully saturated rings. The summed E-state index contributed by atoms with van der Waals surface area (Å²) >= 11 is 0. The van der Waals surface area contributed by atoms with Crippen molar-refractivity contribution >= 4 is 46.0 Å². The molecule has 18 nitrogen and oxygen atoms in total. The average molecular weight is 916 g/mol. The number of ether oxygens (including phenoxy) is 7. The van der Waals surface area contributed by atoms with Gasteiger partial charge in [-0.3, -0.25) is 19.3 Å². The van der Waals surface area contributed by atoms with E-state index in [9.17, 15) is 19.2 Å². The fourth-order valence-electron chi connectivity index (χ4n) is 6.15. The van der Waals surface area contributed by atoms with Gasteiger partial charge in [0, 0.05) is 36.0 Å². The summed E-state index contributed by atoms with van der Waals surface area (Å²) in [4.78, 5) is 59.7. The number of methoxy groups -OCH3 is 1. The summed E-state index contributed by atoms with van der Waals surface area (Å²) in [5, 5.41) is 10.7. The van der Waals surface area contributed by atoms with Crippen LogP contribution in [-0.4, -0.2) is 127 Å². The minimum atomic E-state index is -0.824. The number of carbonyl (C=O) groups is 4. The van der Waals surface area contributed by atoms with E-state index in [1.165, 1.54) is 12.0 Å². The molecule has 3 aromatic rings. The third kappa shape index (κ3) is 20.7. The molecule has 2 aromatic carbocycles. The second kappa shape index (κ2) is 30.0. The number of hydrogen-bond donors (Lipinski definition) is 2. The van der Waals surface area contributed by atoms with Gasteiger partial charge in [-0.05, 0) is 92.4 Å². The Hall–Kier alpha value is -6.30. The molecule has 358 valence electrons. The molecule has 0 saturated heterocycles. The van der Waals surface area contributed by atoms with Crippen LogP contribution in [0.2, 0.25) is 0 Å². The lowest BCUT2D eigenvalue weighted by atomic mass is 9.96. The molecule has 0 saturated carbocycles. The lowest BCUT2D eigenvalue weighted by Crippen LogP contribution is -2.43. The van der Waals surface area contributed by atoms with Gasteiger partial charge in [-0.2, -0.15) is 0 Å². The molecule has 18 heteroatoms. The van der Waals surface area contributed by atoms with Gasteiger partial charge >= 0.3 is 12.1 Å². The number of carbonyl (C=O) groups excluding carboxylic acids is 4. The maximum Gasteiger partial charge on any atom is 0.416 e. The Kier molecular flexibility index (Phi) is 24.6. The number of aromatic nitrogens is 1. The molecule has 0 aliphatic heterocycles. The van der Waals surface area contributed by atoms with Crippen LogP contribution >= 0.6 is 0 Å². The summed E-state index contributed by atoms with van der Waals surface area (Å²) in [7, 11) is 1.26. The first-order valence-corrected chi connectivity index (χ1v) is 21.8. The fraction of sp³-hybridized carbons (Fsp3) is 0.479. The number of nitrogens with one attached hydrogen (secondary N) is 2. The highest BCUT2D eigenvalue weighted by Crippen LogP contribution is 2.33. The second-order valence-electron chi connectivity index (χ2n) is 15.7. The number of anilines is 1. The van der Waals surface area contributed by atoms with E-state index >= 15 is 0 Å². The minimum Gasteiger partial charge on any atom is -0.491 e. The van der Waals surface area contributed by atoms with Gasteiger partial charge in [0.05, 0.1) is 79.0 Å². The smallest absolute Gasteiger partial charge is 0.416 e. The molecule has 0 unspecified atom stereocenters. The number of rotatable bonds is 30. The summed E-state index contributed by atoms with van der Waals surface area (Å²) < 4.78 is 38.5. The van der Waals surface area contributed by atoms with Crippen LogP contribution in [0, 0.1) is 6.92 Å². The summed E-state index contributed by atoms with van der Waals surface area (Å²) in [6, 6.07) is 14.5. The Labute approximate surface area is 387 Å². The first-order valence-electron chi connectivity index (χ1n) is 21.8. The summed E-state index contributed by atoms with van der Waals surface area (Å²) in [6.45, 7) is 16.9. The van der Waals surface area contributed by atoms with Crippen molar-refractivity contribution < 1.29 is 52.3 Å². The Morgan fingerprint density at radius 1 is 0.894 bits per heavy atom. The molecule has 0 radical (unpaired) electrons. The van der Waals surface area contributed by atoms with Crippen LogP contribution in [0.3, 0.4) is 0 Å². The van der Waals surface area contributed by atoms with Crippen molar-refractivity contribution in [2.45, 2.75) is 65.5 Å². The third-order valence-electron chi connectivity index (χ3n) is 9.39. The highest BCUT2D eigenvalue weighted by molar-refractivity contribution is 5.99. The van der Waals surface area contributed by atoms with E-state index in [4.69, 9.17) is 38.7 Å². The average Bonchev–Trinajstić information content (AvgIpc) is 3.29. The minimum absolute atomic E-state index is 0.0264. The molecular formula is C48H65N7O11. The summed E-state index contributed by atoms with van der Waals surface area (Å²) in [5.41, 5.74) is 10.7. The molecule has 0 bridgehead atoms. The van der Waals surface area contributed by atoms with Crippen molar-refractivity contribution in [1.29, 1.82) is 0 Å². The van der Waals surface area contributed by atoms with Crippen LogP contribution in [0.4, 0.5) is 10.6 Å². The number of aryl methyl sites for hydroxylation is 1. The Bertz CT molecular complexity index is 2150. The lowest BCUT2D eigenvalue weighted by molar-refractivity contribution is -0.141. The van der Waals surface area contributed by atoms with Crippen molar-refractivity contribution in [3.8, 4) is 5.75 Å². The monoisotopic (exact) mass is 915 g/mol. The third-order valence-corrected chi connectivity index (χ3v) is 9.39. The Morgan fingerprint density at radius 2 is 1.55 bits per heavy atom. The van der Waals surface area contributed by atoms with Crippen molar-refractivity contribution in [3.63, 3.8) is 0 Å². The van der Waals surface area contributed by atoms with Gasteiger partial charge < -0.3 is 43.8 Å². The second-order valence-corrected chi connectivity index (χ2v) is 15.7. The van der Waals surface area contributed by atoms with E-state index in [-0.39, 0.29) is 32.4 Å². The van der Waals surface area contributed by atoms with E-state index in [2.05, 4.69) is 32.2 Å². The largest absolute Gasteiger partial charge is 0.491 e. The molecule has 1 aromatic heterocycles. The van der Waals surface area contributed by atoms with Crippen LogP contribution in [-0.2, 0) is 42.8 Å². The molecular weight excluding hydrogens is 851 g/mol. The van der Waals surface area contributed by atoms with Crippen LogP contribution < -0.4 is 20.3 Å². The number of esters is 1. The Morgan fingerprint density at radius 3 is 2.17 bits per heavy atom. The van der Waals surface area contributed by atoms with Gasteiger partial charge in [0.15, 0.2) is 0 Å². The zero-order valence-electron chi connectivity index (χ0n) is 39.0. The number of amides is 3. The van der Waals surface area contributed by atoms with Crippen molar-refractivity contribution in [3.05, 3.63) is 107 Å². The Balaban J connectivity index is 1.50. The highest BCUT2D eigenvalue weighted by atomic mass is 16.6. The molecule has 2 N–H and O–H groups in total. The van der Waals surface area contributed by atoms with E-state index in [0.717, 1.165) is 27.5 Å². The number of azide groups is 1. The zero-order valence-corrected chi connectivity index (χ0v) is 39.0. The molecule has 3 rings (SSSR count). The van der Waals surface area contributed by atoms with Crippen LogP contribution in [0.5, 0.6) is 5.75 Å². The van der Waals surface area contributed by atoms with E-state index in [1.54, 1.807) is 39.1 Å². The molecule has 1 heterocycles. The predicted octanol–water partition coefficient (Wildman–Crippen LogP) is 7.20. The van der Waals surface area contributed by atoms with Gasteiger partial charge in [0.2, 0.25) is 11.8 Å². The van der Waals surface area contributed by atoms with Gasteiger partial charge in [-0.25, -0.2) is 9.78 Å².